The van der Waals surface area contributed by atoms with Crippen LogP contribution in [-0.4, -0.2) is 30.0 Å². The van der Waals surface area contributed by atoms with Gasteiger partial charge in [-0.25, -0.2) is 4.98 Å². The molecule has 1 aliphatic rings. The van der Waals surface area contributed by atoms with Crippen LogP contribution < -0.4 is 21.7 Å². The van der Waals surface area contributed by atoms with Gasteiger partial charge >= 0.3 is 0 Å². The van der Waals surface area contributed by atoms with Gasteiger partial charge in [-0.15, -0.1) is 16.3 Å². The number of hydrogen-bond donors (Lipinski definition) is 5. The summed E-state index contributed by atoms with van der Waals surface area (Å²) < 4.78 is 0. The fourth-order valence-corrected chi connectivity index (χ4v) is 3.24. The van der Waals surface area contributed by atoms with Crippen molar-refractivity contribution in [1.82, 2.24) is 15.6 Å². The standard InChI is InChI=1S/C12H18N8S/c1-16-11(17-6-13)18-8-3-2-7(4-8)9-5-21-12(19-9)20-10(14)15/h5,7-8H,2-4H2,1H3,(H2,16,17,18)(H4,14,15,19,20). The maximum atomic E-state index is 8.59. The minimum absolute atomic E-state index is 0.103. The minimum Gasteiger partial charge on any atom is -0.370 e. The quantitative estimate of drug-likeness (QED) is 0.317. The van der Waals surface area contributed by atoms with Crippen LogP contribution in [0.5, 0.6) is 0 Å². The van der Waals surface area contributed by atoms with E-state index in [1.54, 1.807) is 13.2 Å². The Morgan fingerprint density at radius 2 is 2.43 bits per heavy atom. The van der Waals surface area contributed by atoms with Crippen molar-refractivity contribution >= 4 is 28.4 Å². The van der Waals surface area contributed by atoms with Gasteiger partial charge < -0.3 is 21.7 Å². The molecular weight excluding hydrogens is 288 g/mol. The highest BCUT2D eigenvalue weighted by atomic mass is 32.1. The number of aromatic nitrogens is 1. The molecule has 1 aromatic rings. The Bertz CT molecular complexity index is 572. The molecule has 0 spiro atoms. The Morgan fingerprint density at radius 3 is 3.10 bits per heavy atom. The summed E-state index contributed by atoms with van der Waals surface area (Å²) in [5, 5.41) is 27.2. The van der Waals surface area contributed by atoms with E-state index in [-0.39, 0.29) is 12.0 Å². The number of rotatable bonds is 3. The number of anilines is 1. The van der Waals surface area contributed by atoms with Crippen LogP contribution >= 0.6 is 11.3 Å². The third-order valence-corrected chi connectivity index (χ3v) is 4.13. The summed E-state index contributed by atoms with van der Waals surface area (Å²) in [6, 6.07) is 0.278. The molecule has 21 heavy (non-hydrogen) atoms. The van der Waals surface area contributed by atoms with Gasteiger partial charge in [0.2, 0.25) is 12.2 Å². The van der Waals surface area contributed by atoms with E-state index in [9.17, 15) is 0 Å². The summed E-state index contributed by atoms with van der Waals surface area (Å²) >= 11 is 1.45. The highest BCUT2D eigenvalue weighted by Crippen LogP contribution is 2.35. The molecule has 9 heteroatoms. The molecule has 6 N–H and O–H groups in total. The van der Waals surface area contributed by atoms with Gasteiger partial charge in [0, 0.05) is 24.4 Å². The van der Waals surface area contributed by atoms with Crippen LogP contribution in [0.25, 0.3) is 0 Å². The minimum atomic E-state index is -0.103. The fourth-order valence-electron chi connectivity index (χ4n) is 2.43. The average molecular weight is 306 g/mol. The van der Waals surface area contributed by atoms with E-state index >= 15 is 0 Å². The predicted molar refractivity (Wildman–Crippen MR) is 83.3 cm³/mol. The molecule has 2 atom stereocenters. The van der Waals surface area contributed by atoms with Gasteiger partial charge in [-0.1, -0.05) is 0 Å². The maximum Gasteiger partial charge on any atom is 0.209 e. The van der Waals surface area contributed by atoms with E-state index in [4.69, 9.17) is 16.4 Å². The van der Waals surface area contributed by atoms with E-state index < -0.39 is 0 Å². The summed E-state index contributed by atoms with van der Waals surface area (Å²) in [7, 11) is 1.73. The van der Waals surface area contributed by atoms with E-state index in [0.717, 1.165) is 25.0 Å². The number of aliphatic imine (C=N–C) groups is 1. The molecular formula is C12H18N8S. The van der Waals surface area contributed by atoms with Crippen molar-refractivity contribution in [3.63, 3.8) is 0 Å². The molecule has 1 fully saturated rings. The molecule has 0 saturated heterocycles. The van der Waals surface area contributed by atoms with E-state index in [1.165, 1.54) is 11.3 Å². The van der Waals surface area contributed by atoms with Crippen LogP contribution in [0.3, 0.4) is 0 Å². The van der Waals surface area contributed by atoms with Gasteiger partial charge in [0.25, 0.3) is 0 Å². The molecule has 0 bridgehead atoms. The molecule has 2 rings (SSSR count). The van der Waals surface area contributed by atoms with Gasteiger partial charge in [0.15, 0.2) is 11.1 Å². The smallest absolute Gasteiger partial charge is 0.209 e. The Labute approximate surface area is 127 Å². The SMILES string of the molecule is CN/C(=N/C#N)NC1CCC(c2csc(NC(=N)N)n2)C1. The average Bonchev–Trinajstić information content (AvgIpc) is 3.06. The molecule has 1 heterocycles. The molecule has 0 amide bonds. The zero-order valence-corrected chi connectivity index (χ0v) is 12.5. The summed E-state index contributed by atoms with van der Waals surface area (Å²) in [6.45, 7) is 0. The lowest BCUT2D eigenvalue weighted by Crippen LogP contribution is -2.40. The summed E-state index contributed by atoms with van der Waals surface area (Å²) in [6.07, 6.45) is 4.74. The third kappa shape index (κ3) is 4.06. The molecule has 8 nitrogen and oxygen atoms in total. The molecule has 0 aliphatic heterocycles. The first kappa shape index (κ1) is 15.1. The number of nitrogens with zero attached hydrogens (tertiary/aromatic N) is 3. The van der Waals surface area contributed by atoms with Crippen LogP contribution in [0, 0.1) is 16.9 Å². The number of guanidine groups is 2. The van der Waals surface area contributed by atoms with E-state index in [2.05, 4.69) is 25.9 Å². The normalized spacial score (nSPS) is 21.6. The van der Waals surface area contributed by atoms with Crippen molar-refractivity contribution in [2.45, 2.75) is 31.2 Å². The Hall–Kier alpha value is -2.34. The van der Waals surface area contributed by atoms with E-state index in [0.29, 0.717) is 17.0 Å². The molecule has 1 saturated carbocycles. The number of thiazole rings is 1. The zero-order valence-electron chi connectivity index (χ0n) is 11.7. The van der Waals surface area contributed by atoms with Crippen molar-refractivity contribution < 1.29 is 0 Å². The van der Waals surface area contributed by atoms with Crippen molar-refractivity contribution in [1.29, 1.82) is 10.7 Å². The molecule has 1 aliphatic carbocycles. The molecule has 2 unspecified atom stereocenters. The first-order valence-electron chi connectivity index (χ1n) is 6.60. The third-order valence-electron chi connectivity index (χ3n) is 3.35. The van der Waals surface area contributed by atoms with Crippen LogP contribution in [0.15, 0.2) is 10.4 Å². The largest absolute Gasteiger partial charge is 0.370 e. The van der Waals surface area contributed by atoms with Crippen LogP contribution in [-0.2, 0) is 0 Å². The van der Waals surface area contributed by atoms with Gasteiger partial charge in [0.05, 0.1) is 5.69 Å². The van der Waals surface area contributed by atoms with Crippen molar-refractivity contribution in [3.8, 4) is 6.19 Å². The van der Waals surface area contributed by atoms with Crippen LogP contribution in [0.2, 0.25) is 0 Å². The second-order valence-corrected chi connectivity index (χ2v) is 5.64. The lowest BCUT2D eigenvalue weighted by Gasteiger charge is -2.14. The Kier molecular flexibility index (Phi) is 4.94. The maximum absolute atomic E-state index is 8.59. The second kappa shape index (κ2) is 6.90. The lowest BCUT2D eigenvalue weighted by molar-refractivity contribution is 0.604. The first-order valence-corrected chi connectivity index (χ1v) is 7.48. The second-order valence-electron chi connectivity index (χ2n) is 4.78. The van der Waals surface area contributed by atoms with Crippen LogP contribution in [0.4, 0.5) is 5.13 Å². The topological polar surface area (TPSA) is 135 Å². The number of nitrogens with two attached hydrogens (primary N) is 1. The summed E-state index contributed by atoms with van der Waals surface area (Å²) in [5.41, 5.74) is 6.31. The zero-order chi connectivity index (χ0) is 15.2. The Morgan fingerprint density at radius 1 is 1.62 bits per heavy atom. The monoisotopic (exact) mass is 306 g/mol. The predicted octanol–water partition coefficient (Wildman–Crippen LogP) is 0.731. The molecule has 0 radical (unpaired) electrons. The lowest BCUT2D eigenvalue weighted by atomic mass is 10.1. The summed E-state index contributed by atoms with van der Waals surface area (Å²) in [5.74, 6) is 0.773. The number of nitrogens with one attached hydrogen (secondary N) is 4. The Balaban J connectivity index is 1.93. The highest BCUT2D eigenvalue weighted by molar-refractivity contribution is 7.13. The molecule has 0 aromatic carbocycles. The summed E-state index contributed by atoms with van der Waals surface area (Å²) in [4.78, 5) is 8.14. The van der Waals surface area contributed by atoms with Crippen molar-refractivity contribution in [2.24, 2.45) is 10.7 Å². The molecule has 112 valence electrons. The van der Waals surface area contributed by atoms with Gasteiger partial charge in [0.1, 0.15) is 0 Å². The highest BCUT2D eigenvalue weighted by Gasteiger charge is 2.28. The van der Waals surface area contributed by atoms with E-state index in [1.807, 2.05) is 5.38 Å². The van der Waals surface area contributed by atoms with Crippen LogP contribution in [0.1, 0.15) is 30.9 Å². The van der Waals surface area contributed by atoms with Gasteiger partial charge in [-0.3, -0.25) is 5.41 Å². The first-order chi connectivity index (χ1) is 10.1. The van der Waals surface area contributed by atoms with Gasteiger partial charge in [-0.05, 0) is 19.3 Å². The van der Waals surface area contributed by atoms with Crippen molar-refractivity contribution in [3.05, 3.63) is 11.1 Å². The van der Waals surface area contributed by atoms with Crippen molar-refractivity contribution in [2.75, 3.05) is 12.4 Å². The fraction of sp³-hybridized carbons (Fsp3) is 0.500. The molecule has 1 aromatic heterocycles. The van der Waals surface area contributed by atoms with Gasteiger partial charge in [-0.2, -0.15) is 5.26 Å². The number of hydrogen-bond acceptors (Lipinski definition) is 5. The number of nitriles is 1.